The molecule has 0 spiro atoms. The molecule has 0 unspecified atom stereocenters. The zero-order valence-corrected chi connectivity index (χ0v) is 8.73. The summed E-state index contributed by atoms with van der Waals surface area (Å²) in [4.78, 5) is 0. The summed E-state index contributed by atoms with van der Waals surface area (Å²) >= 11 is 0. The van der Waals surface area contributed by atoms with Crippen LogP contribution in [0.25, 0.3) is 11.5 Å². The van der Waals surface area contributed by atoms with Gasteiger partial charge in [-0.3, -0.25) is 0 Å². The number of aryl methyl sites for hydroxylation is 1. The second kappa shape index (κ2) is 3.52. The molecule has 0 aliphatic carbocycles. The highest BCUT2D eigenvalue weighted by atomic mass is 16.4. The van der Waals surface area contributed by atoms with E-state index in [9.17, 15) is 0 Å². The average Bonchev–Trinajstić information content (AvgIpc) is 2.75. The number of aromatic nitrogens is 2. The zero-order chi connectivity index (χ0) is 11.0. The van der Waals surface area contributed by atoms with Crippen molar-refractivity contribution in [3.05, 3.63) is 23.8 Å². The quantitative estimate of drug-likeness (QED) is 0.758. The maximum atomic E-state index is 5.40. The van der Waals surface area contributed by atoms with E-state index >= 15 is 0 Å². The molecule has 0 saturated heterocycles. The molecule has 1 aliphatic rings. The summed E-state index contributed by atoms with van der Waals surface area (Å²) in [6, 6.07) is 6.19. The average molecular weight is 216 g/mol. The summed E-state index contributed by atoms with van der Waals surface area (Å²) in [6.07, 6.45) is 2.24. The standard InChI is InChI=1S/C11H12N4O/c12-11-15-14-10(16-11)8-3-4-9-7(6-8)2-1-5-13-9/h3-4,6,13H,1-2,5H2,(H2,12,15). The lowest BCUT2D eigenvalue weighted by molar-refractivity contribution is 0.590. The Morgan fingerprint density at radius 1 is 1.31 bits per heavy atom. The minimum absolute atomic E-state index is 0.103. The smallest absolute Gasteiger partial charge is 0.313 e. The van der Waals surface area contributed by atoms with Crippen molar-refractivity contribution >= 4 is 11.7 Å². The van der Waals surface area contributed by atoms with Gasteiger partial charge in [0.1, 0.15) is 0 Å². The normalized spacial score (nSPS) is 14.2. The van der Waals surface area contributed by atoms with Gasteiger partial charge in [-0.05, 0) is 36.6 Å². The number of fused-ring (bicyclic) bond motifs is 1. The Labute approximate surface area is 92.7 Å². The lowest BCUT2D eigenvalue weighted by Crippen LogP contribution is -2.11. The number of nitrogens with two attached hydrogens (primary N) is 1. The van der Waals surface area contributed by atoms with Crippen LogP contribution in [-0.2, 0) is 6.42 Å². The highest BCUT2D eigenvalue weighted by molar-refractivity contribution is 5.63. The summed E-state index contributed by atoms with van der Waals surface area (Å²) in [7, 11) is 0. The van der Waals surface area contributed by atoms with Gasteiger partial charge in [0.25, 0.3) is 0 Å². The van der Waals surface area contributed by atoms with Gasteiger partial charge < -0.3 is 15.5 Å². The molecule has 3 N–H and O–H groups in total. The Hall–Kier alpha value is -2.04. The van der Waals surface area contributed by atoms with Gasteiger partial charge in [-0.15, -0.1) is 5.10 Å². The molecule has 1 aromatic carbocycles. The molecule has 0 fully saturated rings. The van der Waals surface area contributed by atoms with Gasteiger partial charge in [-0.2, -0.15) is 0 Å². The summed E-state index contributed by atoms with van der Waals surface area (Å²) in [5.74, 6) is 0.478. The van der Waals surface area contributed by atoms with Crippen molar-refractivity contribution in [2.75, 3.05) is 17.6 Å². The SMILES string of the molecule is Nc1nnc(-c2ccc3c(c2)CCCN3)o1. The molecule has 16 heavy (non-hydrogen) atoms. The first-order chi connectivity index (χ1) is 7.83. The van der Waals surface area contributed by atoms with Gasteiger partial charge in [0, 0.05) is 17.8 Å². The van der Waals surface area contributed by atoms with E-state index in [1.54, 1.807) is 0 Å². The number of nitrogen functional groups attached to an aromatic ring is 1. The summed E-state index contributed by atoms with van der Waals surface area (Å²) in [5, 5.41) is 10.9. The van der Waals surface area contributed by atoms with E-state index in [0.29, 0.717) is 5.89 Å². The first kappa shape index (κ1) is 9.21. The molecule has 82 valence electrons. The lowest BCUT2D eigenvalue weighted by Gasteiger charge is -2.17. The Kier molecular flexibility index (Phi) is 2.02. The first-order valence-electron chi connectivity index (χ1n) is 5.29. The molecule has 0 atom stereocenters. The van der Waals surface area contributed by atoms with E-state index in [1.165, 1.54) is 11.3 Å². The molecule has 1 aromatic heterocycles. The third-order valence-electron chi connectivity index (χ3n) is 2.73. The molecule has 5 nitrogen and oxygen atoms in total. The van der Waals surface area contributed by atoms with Crippen LogP contribution in [0, 0.1) is 0 Å². The molecule has 1 aliphatic heterocycles. The van der Waals surface area contributed by atoms with Crippen molar-refractivity contribution in [3.63, 3.8) is 0 Å². The van der Waals surface area contributed by atoms with Gasteiger partial charge in [-0.1, -0.05) is 5.10 Å². The number of benzene rings is 1. The summed E-state index contributed by atoms with van der Waals surface area (Å²) in [6.45, 7) is 1.04. The molecule has 2 aromatic rings. The van der Waals surface area contributed by atoms with Gasteiger partial charge in [0.15, 0.2) is 0 Å². The molecular formula is C11H12N4O. The van der Waals surface area contributed by atoms with E-state index in [0.717, 1.165) is 24.9 Å². The molecule has 0 saturated carbocycles. The number of anilines is 2. The van der Waals surface area contributed by atoms with Crippen molar-refractivity contribution in [1.29, 1.82) is 0 Å². The maximum Gasteiger partial charge on any atom is 0.313 e. The van der Waals surface area contributed by atoms with Crippen LogP contribution in [0.3, 0.4) is 0 Å². The predicted molar refractivity (Wildman–Crippen MR) is 61.0 cm³/mol. The first-order valence-corrected chi connectivity index (χ1v) is 5.29. The van der Waals surface area contributed by atoms with E-state index in [4.69, 9.17) is 10.2 Å². The fourth-order valence-electron chi connectivity index (χ4n) is 1.96. The van der Waals surface area contributed by atoms with Gasteiger partial charge in [0.05, 0.1) is 0 Å². The Balaban J connectivity index is 2.02. The molecule has 0 bridgehead atoms. The van der Waals surface area contributed by atoms with Crippen LogP contribution in [0.5, 0.6) is 0 Å². The topological polar surface area (TPSA) is 77.0 Å². The van der Waals surface area contributed by atoms with Crippen LogP contribution in [0.4, 0.5) is 11.7 Å². The van der Waals surface area contributed by atoms with E-state index in [-0.39, 0.29) is 6.01 Å². The highest BCUT2D eigenvalue weighted by Gasteiger charge is 2.12. The predicted octanol–water partition coefficient (Wildman–Crippen LogP) is 1.68. The largest absolute Gasteiger partial charge is 0.404 e. The minimum atomic E-state index is 0.103. The van der Waals surface area contributed by atoms with Crippen molar-refractivity contribution in [3.8, 4) is 11.5 Å². The van der Waals surface area contributed by atoms with Crippen molar-refractivity contribution in [2.24, 2.45) is 0 Å². The second-order valence-corrected chi connectivity index (χ2v) is 3.85. The number of nitrogens with zero attached hydrogens (tertiary/aromatic N) is 2. The van der Waals surface area contributed by atoms with Crippen molar-refractivity contribution < 1.29 is 4.42 Å². The number of nitrogens with one attached hydrogen (secondary N) is 1. The molecule has 0 amide bonds. The highest BCUT2D eigenvalue weighted by Crippen LogP contribution is 2.27. The summed E-state index contributed by atoms with van der Waals surface area (Å²) in [5.41, 5.74) is 8.81. The maximum absolute atomic E-state index is 5.40. The molecule has 3 rings (SSSR count). The van der Waals surface area contributed by atoms with Gasteiger partial charge >= 0.3 is 6.01 Å². The van der Waals surface area contributed by atoms with Crippen LogP contribution in [0.1, 0.15) is 12.0 Å². The van der Waals surface area contributed by atoms with Gasteiger partial charge in [-0.25, -0.2) is 0 Å². The molecule has 2 heterocycles. The lowest BCUT2D eigenvalue weighted by atomic mass is 10.0. The van der Waals surface area contributed by atoms with Crippen LogP contribution in [-0.4, -0.2) is 16.7 Å². The van der Waals surface area contributed by atoms with Crippen molar-refractivity contribution in [2.45, 2.75) is 12.8 Å². The molecule has 0 radical (unpaired) electrons. The fraction of sp³-hybridized carbons (Fsp3) is 0.273. The Bertz CT molecular complexity index is 520. The van der Waals surface area contributed by atoms with E-state index < -0.39 is 0 Å². The van der Waals surface area contributed by atoms with Crippen LogP contribution in [0.15, 0.2) is 22.6 Å². The number of hydrogen-bond donors (Lipinski definition) is 2. The van der Waals surface area contributed by atoms with Crippen LogP contribution in [0.2, 0.25) is 0 Å². The van der Waals surface area contributed by atoms with E-state index in [2.05, 4.69) is 21.6 Å². The van der Waals surface area contributed by atoms with Crippen molar-refractivity contribution in [1.82, 2.24) is 10.2 Å². The monoisotopic (exact) mass is 216 g/mol. The van der Waals surface area contributed by atoms with E-state index in [1.807, 2.05) is 12.1 Å². The number of hydrogen-bond acceptors (Lipinski definition) is 5. The third kappa shape index (κ3) is 1.50. The zero-order valence-electron chi connectivity index (χ0n) is 8.73. The molecular weight excluding hydrogens is 204 g/mol. The van der Waals surface area contributed by atoms with Crippen LogP contribution < -0.4 is 11.1 Å². The Morgan fingerprint density at radius 2 is 2.25 bits per heavy atom. The third-order valence-corrected chi connectivity index (χ3v) is 2.73. The minimum Gasteiger partial charge on any atom is -0.404 e. The summed E-state index contributed by atoms with van der Waals surface area (Å²) < 4.78 is 5.20. The Morgan fingerprint density at radius 3 is 3.06 bits per heavy atom. The molecule has 5 heteroatoms. The van der Waals surface area contributed by atoms with Gasteiger partial charge in [0.2, 0.25) is 5.89 Å². The number of rotatable bonds is 1. The second-order valence-electron chi connectivity index (χ2n) is 3.85. The fourth-order valence-corrected chi connectivity index (χ4v) is 1.96. The van der Waals surface area contributed by atoms with Crippen LogP contribution >= 0.6 is 0 Å².